The summed E-state index contributed by atoms with van der Waals surface area (Å²) in [6, 6.07) is 11.1. The third-order valence-corrected chi connectivity index (χ3v) is 6.17. The molecule has 0 spiro atoms. The smallest absolute Gasteiger partial charge is 0.288 e. The highest BCUT2D eigenvalue weighted by Crippen LogP contribution is 2.25. The van der Waals surface area contributed by atoms with E-state index in [2.05, 4.69) is 24.4 Å². The summed E-state index contributed by atoms with van der Waals surface area (Å²) in [5, 5.41) is 15.1. The lowest BCUT2D eigenvalue weighted by molar-refractivity contribution is -0.384. The van der Waals surface area contributed by atoms with E-state index in [0.29, 0.717) is 22.6 Å². The molecule has 1 fully saturated rings. The predicted molar refractivity (Wildman–Crippen MR) is 129 cm³/mol. The molecule has 0 saturated carbocycles. The van der Waals surface area contributed by atoms with E-state index in [9.17, 15) is 19.7 Å². The topological polar surface area (TPSA) is 114 Å². The molecule has 1 aliphatic heterocycles. The molecular weight excluding hydrogens is 460 g/mol. The maximum Gasteiger partial charge on any atom is 0.288 e. The van der Waals surface area contributed by atoms with E-state index < -0.39 is 10.8 Å². The number of ether oxygens (including phenoxy) is 1. The zero-order chi connectivity index (χ0) is 24.8. The van der Waals surface area contributed by atoms with Crippen molar-refractivity contribution in [2.75, 3.05) is 6.61 Å². The standard InChI is InChI=1S/C24H27ClN4O5/c1-15-5-4-6-16(2)28(15)23(30)14-34-20-10-7-18(8-11-20)24(31)27-26-17(3)19-9-12-21(25)22(13-19)29(32)33/h7-13,15-16H,4-6,14H2,1-3H3,(H,27,31)/b26-17-/t15-,16-/m0/s1. The van der Waals surface area contributed by atoms with Crippen LogP contribution in [0, 0.1) is 10.1 Å². The Hall–Kier alpha value is -3.46. The number of rotatable bonds is 7. The van der Waals surface area contributed by atoms with Crippen LogP contribution < -0.4 is 10.2 Å². The van der Waals surface area contributed by atoms with Crippen LogP contribution in [0.4, 0.5) is 5.69 Å². The van der Waals surface area contributed by atoms with Crippen LogP contribution in [0.3, 0.4) is 0 Å². The van der Waals surface area contributed by atoms with Gasteiger partial charge in [0.25, 0.3) is 17.5 Å². The van der Waals surface area contributed by atoms with E-state index in [-0.39, 0.29) is 35.3 Å². The molecule has 9 nitrogen and oxygen atoms in total. The largest absolute Gasteiger partial charge is 0.484 e. The number of benzene rings is 2. The maximum absolute atomic E-state index is 12.6. The summed E-state index contributed by atoms with van der Waals surface area (Å²) in [6.45, 7) is 5.67. The van der Waals surface area contributed by atoms with Gasteiger partial charge in [-0.1, -0.05) is 17.7 Å². The first-order valence-electron chi connectivity index (χ1n) is 11.0. The van der Waals surface area contributed by atoms with Crippen LogP contribution in [0.1, 0.15) is 56.0 Å². The Morgan fingerprint density at radius 1 is 1.15 bits per heavy atom. The molecular formula is C24H27ClN4O5. The molecule has 34 heavy (non-hydrogen) atoms. The lowest BCUT2D eigenvalue weighted by Crippen LogP contribution is -2.49. The number of hydrogen-bond acceptors (Lipinski definition) is 6. The number of carbonyl (C=O) groups excluding carboxylic acids is 2. The number of nitrogens with zero attached hydrogens (tertiary/aromatic N) is 3. The molecule has 2 aromatic rings. The van der Waals surface area contributed by atoms with Crippen molar-refractivity contribution in [3.05, 3.63) is 68.7 Å². The predicted octanol–water partition coefficient (Wildman–Crippen LogP) is 4.57. The quantitative estimate of drug-likeness (QED) is 0.349. The fourth-order valence-corrected chi connectivity index (χ4v) is 4.16. The molecule has 0 unspecified atom stereocenters. The SMILES string of the molecule is C/C(=N/NC(=O)c1ccc(OCC(=O)N2[C@@H](C)CCC[C@@H]2C)cc1)c1ccc(Cl)c([N+](=O)[O-])c1. The van der Waals surface area contributed by atoms with E-state index in [4.69, 9.17) is 16.3 Å². The highest BCUT2D eigenvalue weighted by molar-refractivity contribution is 6.32. The lowest BCUT2D eigenvalue weighted by atomic mass is 9.97. The number of carbonyl (C=O) groups is 2. The molecule has 3 rings (SSSR count). The van der Waals surface area contributed by atoms with Crippen molar-refractivity contribution in [2.45, 2.75) is 52.1 Å². The second kappa shape index (κ2) is 11.1. The van der Waals surface area contributed by atoms with Gasteiger partial charge in [-0.15, -0.1) is 0 Å². The summed E-state index contributed by atoms with van der Waals surface area (Å²) >= 11 is 5.83. The first-order chi connectivity index (χ1) is 16.2. The zero-order valence-electron chi connectivity index (χ0n) is 19.3. The normalized spacial score (nSPS) is 18.4. The molecule has 1 heterocycles. The summed E-state index contributed by atoms with van der Waals surface area (Å²) in [5.41, 5.74) is 3.38. The van der Waals surface area contributed by atoms with Crippen molar-refractivity contribution in [2.24, 2.45) is 5.10 Å². The van der Waals surface area contributed by atoms with Crippen LogP contribution in [-0.4, -0.2) is 46.0 Å². The summed E-state index contributed by atoms with van der Waals surface area (Å²) < 4.78 is 5.63. The Bertz CT molecular complexity index is 1090. The number of hydrazone groups is 1. The lowest BCUT2D eigenvalue weighted by Gasteiger charge is -2.38. The molecule has 0 bridgehead atoms. The van der Waals surface area contributed by atoms with Crippen molar-refractivity contribution in [3.63, 3.8) is 0 Å². The molecule has 1 aliphatic rings. The van der Waals surface area contributed by atoms with E-state index >= 15 is 0 Å². The monoisotopic (exact) mass is 486 g/mol. The summed E-state index contributed by atoms with van der Waals surface area (Å²) in [6.07, 6.45) is 3.12. The van der Waals surface area contributed by atoms with E-state index in [1.807, 2.05) is 4.90 Å². The number of halogens is 1. The summed E-state index contributed by atoms with van der Waals surface area (Å²) in [4.78, 5) is 37.4. The van der Waals surface area contributed by atoms with Gasteiger partial charge in [0, 0.05) is 29.3 Å². The molecule has 1 N–H and O–H groups in total. The molecule has 0 aromatic heterocycles. The number of nitrogens with one attached hydrogen (secondary N) is 1. The second-order valence-electron chi connectivity index (χ2n) is 8.30. The van der Waals surface area contributed by atoms with Gasteiger partial charge >= 0.3 is 0 Å². The van der Waals surface area contributed by atoms with E-state index in [0.717, 1.165) is 19.3 Å². The van der Waals surface area contributed by atoms with Gasteiger partial charge in [-0.2, -0.15) is 5.10 Å². The van der Waals surface area contributed by atoms with Crippen LogP contribution in [0.15, 0.2) is 47.6 Å². The highest BCUT2D eigenvalue weighted by atomic mass is 35.5. The minimum atomic E-state index is -0.581. The van der Waals surface area contributed by atoms with Crippen LogP contribution in [0.2, 0.25) is 5.02 Å². The Morgan fingerprint density at radius 2 is 1.76 bits per heavy atom. The summed E-state index contributed by atoms with van der Waals surface area (Å²) in [5.74, 6) is -0.0226. The first-order valence-corrected chi connectivity index (χ1v) is 11.4. The maximum atomic E-state index is 12.6. The fourth-order valence-electron chi connectivity index (χ4n) is 3.98. The van der Waals surface area contributed by atoms with Crippen LogP contribution >= 0.6 is 11.6 Å². The van der Waals surface area contributed by atoms with Gasteiger partial charge in [-0.05, 0) is 70.4 Å². The Labute approximate surface area is 202 Å². The van der Waals surface area contributed by atoms with Gasteiger partial charge in [0.1, 0.15) is 10.8 Å². The third kappa shape index (κ3) is 6.11. The number of likely N-dealkylation sites (tertiary alicyclic amines) is 1. The van der Waals surface area contributed by atoms with Crippen molar-refractivity contribution in [1.29, 1.82) is 0 Å². The van der Waals surface area contributed by atoms with E-state index in [1.165, 1.54) is 12.1 Å². The second-order valence-corrected chi connectivity index (χ2v) is 8.71. The van der Waals surface area contributed by atoms with Crippen molar-refractivity contribution in [3.8, 4) is 5.75 Å². The van der Waals surface area contributed by atoms with Gasteiger partial charge in [0.05, 0.1) is 10.6 Å². The third-order valence-electron chi connectivity index (χ3n) is 5.85. The highest BCUT2D eigenvalue weighted by Gasteiger charge is 2.29. The number of nitro groups is 1. The molecule has 10 heteroatoms. The molecule has 180 valence electrons. The number of piperidine rings is 1. The number of amides is 2. The van der Waals surface area contributed by atoms with Crippen molar-refractivity contribution < 1.29 is 19.2 Å². The van der Waals surface area contributed by atoms with Crippen LogP contribution in [-0.2, 0) is 4.79 Å². The van der Waals surface area contributed by atoms with Crippen molar-refractivity contribution in [1.82, 2.24) is 10.3 Å². The number of hydrogen-bond donors (Lipinski definition) is 1. The van der Waals surface area contributed by atoms with E-state index in [1.54, 1.807) is 37.3 Å². The minimum absolute atomic E-state index is 0.0227. The van der Waals surface area contributed by atoms with Gasteiger partial charge in [-0.25, -0.2) is 5.43 Å². The molecule has 0 radical (unpaired) electrons. The minimum Gasteiger partial charge on any atom is -0.484 e. The average Bonchev–Trinajstić information content (AvgIpc) is 2.81. The van der Waals surface area contributed by atoms with Gasteiger partial charge < -0.3 is 9.64 Å². The van der Waals surface area contributed by atoms with Gasteiger partial charge in [0.2, 0.25) is 0 Å². The van der Waals surface area contributed by atoms with Crippen LogP contribution in [0.5, 0.6) is 5.75 Å². The average molecular weight is 487 g/mol. The zero-order valence-corrected chi connectivity index (χ0v) is 20.0. The molecule has 2 aromatic carbocycles. The molecule has 2 atom stereocenters. The Morgan fingerprint density at radius 3 is 2.38 bits per heavy atom. The van der Waals surface area contributed by atoms with Gasteiger partial charge in [0.15, 0.2) is 6.61 Å². The number of nitro benzene ring substituents is 1. The van der Waals surface area contributed by atoms with Gasteiger partial charge in [-0.3, -0.25) is 19.7 Å². The first kappa shape index (κ1) is 25.2. The molecule has 0 aliphatic carbocycles. The summed E-state index contributed by atoms with van der Waals surface area (Å²) in [7, 11) is 0. The Balaban J connectivity index is 1.57. The Kier molecular flexibility index (Phi) is 8.22. The van der Waals surface area contributed by atoms with Crippen molar-refractivity contribution >= 4 is 34.8 Å². The van der Waals surface area contributed by atoms with Crippen LogP contribution in [0.25, 0.3) is 0 Å². The molecule has 1 saturated heterocycles. The molecule has 2 amide bonds. The fraction of sp³-hybridized carbons (Fsp3) is 0.375.